The average Bonchev–Trinajstić information content (AvgIpc) is 2.16. The highest BCUT2D eigenvalue weighted by molar-refractivity contribution is 5.39. The predicted molar refractivity (Wildman–Crippen MR) is 68.9 cm³/mol. The topological polar surface area (TPSA) is 29.4 Å². The van der Waals surface area contributed by atoms with Gasteiger partial charge in [0.05, 0.1) is 0 Å². The van der Waals surface area contributed by atoms with Crippen molar-refractivity contribution in [3.8, 4) is 0 Å². The minimum Gasteiger partial charge on any atom is -0.145 e. The lowest BCUT2D eigenvalue weighted by molar-refractivity contribution is 0.258. The van der Waals surface area contributed by atoms with Crippen LogP contribution in [0.1, 0.15) is 46.1 Å². The summed E-state index contributed by atoms with van der Waals surface area (Å²) in [6.45, 7) is 11.2. The van der Waals surface area contributed by atoms with Gasteiger partial charge in [0.1, 0.15) is 5.69 Å². The van der Waals surface area contributed by atoms with E-state index >= 15 is 0 Å². The molecule has 0 aliphatic rings. The molecule has 0 fully saturated rings. The van der Waals surface area contributed by atoms with E-state index in [0.29, 0.717) is 17.5 Å². The highest BCUT2D eigenvalue weighted by atomic mass is 16.3. The smallest absolute Gasteiger partial charge is 0.108 e. The van der Waals surface area contributed by atoms with Crippen LogP contribution in [0.15, 0.2) is 29.4 Å². The zero-order valence-corrected chi connectivity index (χ0v) is 10.8. The monoisotopic (exact) mass is 219 g/mol. The summed E-state index contributed by atoms with van der Waals surface area (Å²) in [6.07, 6.45) is 0. The fourth-order valence-electron chi connectivity index (χ4n) is 2.63. The van der Waals surface area contributed by atoms with E-state index in [2.05, 4.69) is 39.8 Å². The zero-order chi connectivity index (χ0) is 12.3. The van der Waals surface area contributed by atoms with Crippen LogP contribution in [0.4, 0.5) is 5.69 Å². The highest BCUT2D eigenvalue weighted by Crippen LogP contribution is 2.40. The molecular formula is C14H21NO. The van der Waals surface area contributed by atoms with Gasteiger partial charge in [0.2, 0.25) is 0 Å². The van der Waals surface area contributed by atoms with Gasteiger partial charge in [0.15, 0.2) is 0 Å². The summed E-state index contributed by atoms with van der Waals surface area (Å²) in [7, 11) is 0. The second-order valence-corrected chi connectivity index (χ2v) is 5.77. The Morgan fingerprint density at radius 2 is 1.56 bits per heavy atom. The van der Waals surface area contributed by atoms with Gasteiger partial charge >= 0.3 is 0 Å². The molecule has 0 N–H and O–H groups in total. The van der Waals surface area contributed by atoms with Crippen molar-refractivity contribution in [1.82, 2.24) is 0 Å². The first kappa shape index (κ1) is 12.9. The second-order valence-electron chi connectivity index (χ2n) is 5.77. The zero-order valence-electron chi connectivity index (χ0n) is 10.8. The van der Waals surface area contributed by atoms with Crippen molar-refractivity contribution in [3.63, 3.8) is 0 Å². The summed E-state index contributed by atoms with van der Waals surface area (Å²) >= 11 is 0. The Kier molecular flexibility index (Phi) is 3.84. The van der Waals surface area contributed by atoms with Crippen LogP contribution in [0.2, 0.25) is 0 Å². The van der Waals surface area contributed by atoms with Gasteiger partial charge < -0.3 is 0 Å². The molecule has 0 bridgehead atoms. The standard InChI is InChI=1S/C14H21NO/c1-10(2)13(14(3,4)5)11-6-8-12(15-16)9-7-11/h6-10,13H,1-5H3. The lowest BCUT2D eigenvalue weighted by atomic mass is 9.70. The van der Waals surface area contributed by atoms with Crippen LogP contribution >= 0.6 is 0 Å². The molecule has 1 unspecified atom stereocenters. The summed E-state index contributed by atoms with van der Waals surface area (Å²) < 4.78 is 0. The van der Waals surface area contributed by atoms with Gasteiger partial charge in [-0.2, -0.15) is 0 Å². The van der Waals surface area contributed by atoms with E-state index in [1.807, 2.05) is 12.1 Å². The molecule has 0 aromatic heterocycles. The lowest BCUT2D eigenvalue weighted by Gasteiger charge is -2.34. The van der Waals surface area contributed by atoms with Gasteiger partial charge in [-0.3, -0.25) is 0 Å². The first-order valence-corrected chi connectivity index (χ1v) is 5.79. The fraction of sp³-hybridized carbons (Fsp3) is 0.571. The minimum absolute atomic E-state index is 0.226. The van der Waals surface area contributed by atoms with Gasteiger partial charge in [-0.15, -0.1) is 4.91 Å². The number of hydrogen-bond acceptors (Lipinski definition) is 2. The Hall–Kier alpha value is -1.18. The van der Waals surface area contributed by atoms with Crippen LogP contribution in [0.3, 0.4) is 0 Å². The summed E-state index contributed by atoms with van der Waals surface area (Å²) in [5.41, 5.74) is 2.01. The van der Waals surface area contributed by atoms with E-state index < -0.39 is 0 Å². The van der Waals surface area contributed by atoms with Gasteiger partial charge in [-0.1, -0.05) is 46.8 Å². The van der Waals surface area contributed by atoms with Crippen LogP contribution in [-0.4, -0.2) is 0 Å². The van der Waals surface area contributed by atoms with Crippen LogP contribution in [0.25, 0.3) is 0 Å². The van der Waals surface area contributed by atoms with Gasteiger partial charge in [-0.05, 0) is 40.1 Å². The molecule has 0 saturated heterocycles. The van der Waals surface area contributed by atoms with E-state index in [1.165, 1.54) is 5.56 Å². The predicted octanol–water partition coefficient (Wildman–Crippen LogP) is 4.87. The maximum Gasteiger partial charge on any atom is 0.108 e. The Morgan fingerprint density at radius 3 is 1.88 bits per heavy atom. The lowest BCUT2D eigenvalue weighted by Crippen LogP contribution is -2.23. The molecule has 0 spiro atoms. The van der Waals surface area contributed by atoms with Gasteiger partial charge in [0.25, 0.3) is 0 Å². The van der Waals surface area contributed by atoms with E-state index in [-0.39, 0.29) is 5.41 Å². The Morgan fingerprint density at radius 1 is 1.06 bits per heavy atom. The summed E-state index contributed by atoms with van der Waals surface area (Å²) in [5, 5.41) is 2.93. The summed E-state index contributed by atoms with van der Waals surface area (Å²) in [5.74, 6) is 1.07. The Labute approximate surface area is 98.0 Å². The van der Waals surface area contributed by atoms with Crippen molar-refractivity contribution in [2.75, 3.05) is 0 Å². The molecule has 1 atom stereocenters. The molecule has 1 aromatic carbocycles. The van der Waals surface area contributed by atoms with E-state index in [4.69, 9.17) is 0 Å². The van der Waals surface area contributed by atoms with Crippen molar-refractivity contribution in [3.05, 3.63) is 34.7 Å². The molecule has 0 heterocycles. The molecular weight excluding hydrogens is 198 g/mol. The van der Waals surface area contributed by atoms with Gasteiger partial charge in [0, 0.05) is 0 Å². The molecule has 0 saturated carbocycles. The first-order chi connectivity index (χ1) is 7.36. The third kappa shape index (κ3) is 2.91. The van der Waals surface area contributed by atoms with Crippen molar-refractivity contribution in [2.24, 2.45) is 16.5 Å². The number of nitrogens with zero attached hydrogens (tertiary/aromatic N) is 1. The molecule has 0 aliphatic carbocycles. The number of benzene rings is 1. The molecule has 1 rings (SSSR count). The van der Waals surface area contributed by atoms with E-state index in [0.717, 1.165) is 0 Å². The SMILES string of the molecule is CC(C)C(c1ccc(N=O)cc1)C(C)(C)C. The maximum absolute atomic E-state index is 10.4. The molecule has 0 aliphatic heterocycles. The molecule has 16 heavy (non-hydrogen) atoms. The third-order valence-electron chi connectivity index (χ3n) is 2.96. The fourth-order valence-corrected chi connectivity index (χ4v) is 2.63. The van der Waals surface area contributed by atoms with Crippen LogP contribution in [0.5, 0.6) is 0 Å². The largest absolute Gasteiger partial charge is 0.145 e. The van der Waals surface area contributed by atoms with Gasteiger partial charge in [-0.25, -0.2) is 0 Å². The molecule has 88 valence electrons. The van der Waals surface area contributed by atoms with E-state index in [9.17, 15) is 4.91 Å². The van der Waals surface area contributed by atoms with Crippen molar-refractivity contribution < 1.29 is 0 Å². The first-order valence-electron chi connectivity index (χ1n) is 5.79. The van der Waals surface area contributed by atoms with Crippen LogP contribution in [0, 0.1) is 16.2 Å². The highest BCUT2D eigenvalue weighted by Gasteiger charge is 2.28. The van der Waals surface area contributed by atoms with Crippen LogP contribution < -0.4 is 0 Å². The summed E-state index contributed by atoms with van der Waals surface area (Å²) in [4.78, 5) is 10.4. The normalized spacial score (nSPS) is 13.9. The maximum atomic E-state index is 10.4. The molecule has 0 radical (unpaired) electrons. The number of hydrogen-bond donors (Lipinski definition) is 0. The summed E-state index contributed by atoms with van der Waals surface area (Å²) in [6, 6.07) is 7.63. The number of nitroso groups, excluding NO2 is 1. The van der Waals surface area contributed by atoms with E-state index in [1.54, 1.807) is 12.1 Å². The Balaban J connectivity index is 3.07. The van der Waals surface area contributed by atoms with Crippen LogP contribution in [-0.2, 0) is 0 Å². The molecule has 0 amide bonds. The quantitative estimate of drug-likeness (QED) is 0.667. The molecule has 1 aromatic rings. The third-order valence-corrected chi connectivity index (χ3v) is 2.96. The number of rotatable bonds is 3. The van der Waals surface area contributed by atoms with Crippen molar-refractivity contribution >= 4 is 5.69 Å². The molecule has 2 heteroatoms. The average molecular weight is 219 g/mol. The van der Waals surface area contributed by atoms with Crippen molar-refractivity contribution in [1.29, 1.82) is 0 Å². The van der Waals surface area contributed by atoms with Crippen molar-refractivity contribution in [2.45, 2.75) is 40.5 Å². The Bertz CT molecular complexity index is 346. The minimum atomic E-state index is 0.226. The second kappa shape index (κ2) is 4.77. The molecule has 2 nitrogen and oxygen atoms in total.